The predicted molar refractivity (Wildman–Crippen MR) is 98.9 cm³/mol. The molecular formula is C18H24ClN5O. The molecule has 1 aliphatic rings. The number of benzene rings is 1. The SMILES string of the molecule is N#C/C(=C/NCCc1ccccc1Cl)C(=O)N1CCN(CCN)CC1. The van der Waals surface area contributed by atoms with E-state index in [0.29, 0.717) is 26.2 Å². The van der Waals surface area contributed by atoms with Crippen LogP contribution in [0, 0.1) is 11.3 Å². The number of amides is 1. The van der Waals surface area contributed by atoms with Crippen molar-refractivity contribution in [2.24, 2.45) is 5.73 Å². The molecule has 134 valence electrons. The number of carbonyl (C=O) groups is 1. The van der Waals surface area contributed by atoms with E-state index >= 15 is 0 Å². The maximum Gasteiger partial charge on any atom is 0.266 e. The fraction of sp³-hybridized carbons (Fsp3) is 0.444. The molecule has 0 unspecified atom stereocenters. The van der Waals surface area contributed by atoms with Crippen LogP contribution in [0.5, 0.6) is 0 Å². The summed E-state index contributed by atoms with van der Waals surface area (Å²) in [6.07, 6.45) is 2.23. The van der Waals surface area contributed by atoms with Crippen molar-refractivity contribution in [1.82, 2.24) is 15.1 Å². The number of nitrogens with two attached hydrogens (primary N) is 1. The van der Waals surface area contributed by atoms with Gasteiger partial charge in [-0.25, -0.2) is 0 Å². The molecule has 25 heavy (non-hydrogen) atoms. The van der Waals surface area contributed by atoms with Crippen LogP contribution < -0.4 is 11.1 Å². The van der Waals surface area contributed by atoms with Gasteiger partial charge < -0.3 is 16.0 Å². The van der Waals surface area contributed by atoms with Crippen molar-refractivity contribution in [3.05, 3.63) is 46.6 Å². The van der Waals surface area contributed by atoms with E-state index in [0.717, 1.165) is 36.6 Å². The van der Waals surface area contributed by atoms with Gasteiger partial charge in [0, 0.05) is 57.0 Å². The zero-order valence-electron chi connectivity index (χ0n) is 14.2. The van der Waals surface area contributed by atoms with Crippen molar-refractivity contribution in [3.8, 4) is 6.07 Å². The third-order valence-electron chi connectivity index (χ3n) is 4.20. The van der Waals surface area contributed by atoms with Gasteiger partial charge in [-0.15, -0.1) is 0 Å². The molecule has 1 aliphatic heterocycles. The first-order chi connectivity index (χ1) is 12.2. The Morgan fingerprint density at radius 2 is 2.04 bits per heavy atom. The van der Waals surface area contributed by atoms with Crippen LogP contribution in [0.25, 0.3) is 0 Å². The normalized spacial score (nSPS) is 15.7. The van der Waals surface area contributed by atoms with E-state index in [1.807, 2.05) is 30.3 Å². The molecule has 0 bridgehead atoms. The quantitative estimate of drug-likeness (QED) is 0.429. The van der Waals surface area contributed by atoms with E-state index in [4.69, 9.17) is 17.3 Å². The molecule has 1 amide bonds. The smallest absolute Gasteiger partial charge is 0.266 e. The Labute approximate surface area is 153 Å². The van der Waals surface area contributed by atoms with Crippen molar-refractivity contribution < 1.29 is 4.79 Å². The Hall–Kier alpha value is -2.07. The highest BCUT2D eigenvalue weighted by Crippen LogP contribution is 2.14. The first-order valence-corrected chi connectivity index (χ1v) is 8.82. The van der Waals surface area contributed by atoms with Crippen LogP contribution in [0.15, 0.2) is 36.0 Å². The third-order valence-corrected chi connectivity index (χ3v) is 4.57. The molecule has 0 saturated carbocycles. The van der Waals surface area contributed by atoms with Crippen LogP contribution in [-0.4, -0.2) is 61.5 Å². The average molecular weight is 362 g/mol. The highest BCUT2D eigenvalue weighted by Gasteiger charge is 2.23. The number of nitrogens with zero attached hydrogens (tertiary/aromatic N) is 3. The second kappa shape index (κ2) is 10.0. The van der Waals surface area contributed by atoms with E-state index in [1.165, 1.54) is 6.20 Å². The van der Waals surface area contributed by atoms with Crippen molar-refractivity contribution >= 4 is 17.5 Å². The molecule has 0 spiro atoms. The molecule has 3 N–H and O–H groups in total. The Balaban J connectivity index is 1.82. The fourth-order valence-electron chi connectivity index (χ4n) is 2.75. The van der Waals surface area contributed by atoms with Gasteiger partial charge in [-0.3, -0.25) is 9.69 Å². The summed E-state index contributed by atoms with van der Waals surface area (Å²) in [5.74, 6) is -0.222. The Morgan fingerprint density at radius 3 is 2.68 bits per heavy atom. The lowest BCUT2D eigenvalue weighted by Crippen LogP contribution is -2.50. The fourth-order valence-corrected chi connectivity index (χ4v) is 2.98. The lowest BCUT2D eigenvalue weighted by atomic mass is 10.1. The highest BCUT2D eigenvalue weighted by molar-refractivity contribution is 6.31. The number of hydrogen-bond acceptors (Lipinski definition) is 5. The van der Waals surface area contributed by atoms with Gasteiger partial charge in [0.15, 0.2) is 0 Å². The molecule has 1 aromatic carbocycles. The van der Waals surface area contributed by atoms with Crippen LogP contribution in [0.4, 0.5) is 0 Å². The number of carbonyl (C=O) groups excluding carboxylic acids is 1. The largest absolute Gasteiger partial charge is 0.389 e. The van der Waals surface area contributed by atoms with E-state index in [-0.39, 0.29) is 11.5 Å². The molecule has 0 atom stereocenters. The number of nitrogens with one attached hydrogen (secondary N) is 1. The van der Waals surface area contributed by atoms with Gasteiger partial charge in [0.1, 0.15) is 11.6 Å². The molecule has 1 aromatic rings. The van der Waals surface area contributed by atoms with E-state index in [2.05, 4.69) is 10.2 Å². The van der Waals surface area contributed by atoms with Crippen molar-refractivity contribution in [3.63, 3.8) is 0 Å². The maximum absolute atomic E-state index is 12.4. The number of nitriles is 1. The standard InChI is InChI=1S/C18H24ClN5O/c19-17-4-2-1-3-15(17)5-7-22-14-16(13-21)18(25)24-11-9-23(8-6-20)10-12-24/h1-4,14,22H,5-12,20H2/b16-14-. The van der Waals surface area contributed by atoms with Crippen LogP contribution in [-0.2, 0) is 11.2 Å². The zero-order valence-corrected chi connectivity index (χ0v) is 15.0. The van der Waals surface area contributed by atoms with Gasteiger partial charge in [0.2, 0.25) is 0 Å². The van der Waals surface area contributed by atoms with Gasteiger partial charge >= 0.3 is 0 Å². The Bertz CT molecular complexity index is 647. The first kappa shape index (κ1) is 19.3. The van der Waals surface area contributed by atoms with Crippen molar-refractivity contribution in [2.45, 2.75) is 6.42 Å². The molecule has 1 heterocycles. The summed E-state index contributed by atoms with van der Waals surface area (Å²) < 4.78 is 0. The van der Waals surface area contributed by atoms with Crippen LogP contribution in [0.2, 0.25) is 5.02 Å². The minimum atomic E-state index is -0.222. The summed E-state index contributed by atoms with van der Waals surface area (Å²) in [6, 6.07) is 9.63. The highest BCUT2D eigenvalue weighted by atomic mass is 35.5. The topological polar surface area (TPSA) is 85.4 Å². The third kappa shape index (κ3) is 5.75. The lowest BCUT2D eigenvalue weighted by molar-refractivity contribution is -0.128. The van der Waals surface area contributed by atoms with Crippen LogP contribution >= 0.6 is 11.6 Å². The van der Waals surface area contributed by atoms with Crippen molar-refractivity contribution in [2.75, 3.05) is 45.8 Å². The first-order valence-electron chi connectivity index (χ1n) is 8.44. The van der Waals surface area contributed by atoms with Gasteiger partial charge in [0.25, 0.3) is 5.91 Å². The van der Waals surface area contributed by atoms with Crippen LogP contribution in [0.3, 0.4) is 0 Å². The molecule has 0 radical (unpaired) electrons. The molecule has 0 aromatic heterocycles. The summed E-state index contributed by atoms with van der Waals surface area (Å²) in [7, 11) is 0. The maximum atomic E-state index is 12.4. The van der Waals surface area contributed by atoms with E-state index in [9.17, 15) is 10.1 Å². The molecule has 1 saturated heterocycles. The number of rotatable bonds is 7. The average Bonchev–Trinajstić information content (AvgIpc) is 2.63. The molecule has 1 fully saturated rings. The summed E-state index contributed by atoms with van der Waals surface area (Å²) >= 11 is 6.11. The van der Waals surface area contributed by atoms with Gasteiger partial charge in [-0.1, -0.05) is 29.8 Å². The second-order valence-electron chi connectivity index (χ2n) is 5.89. The molecule has 7 heteroatoms. The summed E-state index contributed by atoms with van der Waals surface area (Å²) in [4.78, 5) is 16.4. The minimum Gasteiger partial charge on any atom is -0.389 e. The minimum absolute atomic E-state index is 0.131. The number of piperazine rings is 1. The van der Waals surface area contributed by atoms with E-state index in [1.54, 1.807) is 4.90 Å². The number of hydrogen-bond donors (Lipinski definition) is 2. The van der Waals surface area contributed by atoms with Crippen molar-refractivity contribution in [1.29, 1.82) is 5.26 Å². The zero-order chi connectivity index (χ0) is 18.1. The predicted octanol–water partition coefficient (Wildman–Crippen LogP) is 0.982. The Kier molecular flexibility index (Phi) is 7.74. The lowest BCUT2D eigenvalue weighted by Gasteiger charge is -2.34. The molecular weight excluding hydrogens is 338 g/mol. The summed E-state index contributed by atoms with van der Waals surface area (Å²) in [6.45, 7) is 4.89. The second-order valence-corrected chi connectivity index (χ2v) is 6.30. The van der Waals surface area contributed by atoms with Gasteiger partial charge in [-0.05, 0) is 18.1 Å². The summed E-state index contributed by atoms with van der Waals surface area (Å²) in [5, 5.41) is 13.0. The van der Waals surface area contributed by atoms with Crippen LogP contribution in [0.1, 0.15) is 5.56 Å². The van der Waals surface area contributed by atoms with Gasteiger partial charge in [0.05, 0.1) is 0 Å². The molecule has 2 rings (SSSR count). The van der Waals surface area contributed by atoms with E-state index < -0.39 is 0 Å². The monoisotopic (exact) mass is 361 g/mol. The van der Waals surface area contributed by atoms with Gasteiger partial charge in [-0.2, -0.15) is 5.26 Å². The molecule has 0 aliphatic carbocycles. The summed E-state index contributed by atoms with van der Waals surface area (Å²) in [5.41, 5.74) is 6.72. The Morgan fingerprint density at radius 1 is 1.32 bits per heavy atom. The molecule has 6 nitrogen and oxygen atoms in total. The number of halogens is 1.